The summed E-state index contributed by atoms with van der Waals surface area (Å²) in [5.41, 5.74) is 0.501. The molecule has 0 unspecified atom stereocenters. The molecule has 9 heteroatoms. The van der Waals surface area contributed by atoms with Gasteiger partial charge in [0.15, 0.2) is 6.10 Å². The summed E-state index contributed by atoms with van der Waals surface area (Å²) in [4.78, 5) is 26.1. The lowest BCUT2D eigenvalue weighted by Crippen LogP contribution is -2.37. The van der Waals surface area contributed by atoms with E-state index in [0.29, 0.717) is 5.69 Å². The number of amides is 1. The average Bonchev–Trinajstić information content (AvgIpc) is 2.67. The van der Waals surface area contributed by atoms with Crippen molar-refractivity contribution in [2.45, 2.75) is 17.9 Å². The lowest BCUT2D eigenvalue weighted by Gasteiger charge is -2.21. The highest BCUT2D eigenvalue weighted by Crippen LogP contribution is 2.22. The van der Waals surface area contributed by atoms with Crippen molar-refractivity contribution in [3.05, 3.63) is 59.1 Å². The molecular weight excluding hydrogens is 392 g/mol. The highest BCUT2D eigenvalue weighted by Gasteiger charge is 2.25. The van der Waals surface area contributed by atoms with Crippen LogP contribution in [-0.4, -0.2) is 40.5 Å². The number of likely N-dealkylation sites (N-methyl/N-ethyl adjacent to an activating group) is 1. The Hall–Kier alpha value is -2.42. The molecule has 0 bridgehead atoms. The smallest absolute Gasteiger partial charge is 0.340 e. The zero-order valence-corrected chi connectivity index (χ0v) is 16.5. The van der Waals surface area contributed by atoms with E-state index >= 15 is 0 Å². The first-order valence-corrected chi connectivity index (χ1v) is 9.80. The molecule has 0 aromatic heterocycles. The quantitative estimate of drug-likeness (QED) is 0.738. The van der Waals surface area contributed by atoms with E-state index in [1.54, 1.807) is 31.3 Å². The number of carbonyl (C=O) groups excluding carboxylic acids is 2. The first-order chi connectivity index (χ1) is 12.7. The van der Waals surface area contributed by atoms with Gasteiger partial charge in [-0.1, -0.05) is 29.8 Å². The number of hydrogen-bond donors (Lipinski definition) is 1. The molecule has 1 N–H and O–H groups in total. The van der Waals surface area contributed by atoms with Crippen molar-refractivity contribution in [2.75, 3.05) is 19.0 Å². The number of nitrogens with zero attached hydrogens (tertiary/aromatic N) is 1. The topological polar surface area (TPSA) is 92.8 Å². The summed E-state index contributed by atoms with van der Waals surface area (Å²) in [7, 11) is -0.940. The molecule has 0 aliphatic rings. The number of esters is 1. The third kappa shape index (κ3) is 4.85. The van der Waals surface area contributed by atoms with Gasteiger partial charge >= 0.3 is 5.97 Å². The highest BCUT2D eigenvalue weighted by atomic mass is 35.5. The Kier molecular flexibility index (Phi) is 6.59. The van der Waals surface area contributed by atoms with E-state index in [9.17, 15) is 18.0 Å². The Morgan fingerprint density at radius 1 is 1.15 bits per heavy atom. The van der Waals surface area contributed by atoms with Gasteiger partial charge in [-0.15, -0.1) is 0 Å². The Balaban J connectivity index is 2.19. The second-order valence-corrected chi connectivity index (χ2v) is 7.92. The SMILES string of the molecule is CNS(=O)(=O)c1ccc(Cl)c(C(=O)O[C@@H](C)C(=O)N(C)c2ccccc2)c1. The monoisotopic (exact) mass is 410 g/mol. The minimum absolute atomic E-state index is 0.0196. The summed E-state index contributed by atoms with van der Waals surface area (Å²) in [5.74, 6) is -1.33. The molecular formula is C18H19ClN2O5S. The maximum absolute atomic E-state index is 12.5. The fourth-order valence-electron chi connectivity index (χ4n) is 2.27. The second kappa shape index (κ2) is 8.51. The Labute approximate surface area is 162 Å². The maximum Gasteiger partial charge on any atom is 0.340 e. The van der Waals surface area contributed by atoms with E-state index in [1.165, 1.54) is 31.0 Å². The second-order valence-electron chi connectivity index (χ2n) is 5.63. The number of carbonyl (C=O) groups is 2. The molecule has 7 nitrogen and oxygen atoms in total. The van der Waals surface area contributed by atoms with E-state index in [0.717, 1.165) is 6.07 Å². The van der Waals surface area contributed by atoms with Crippen LogP contribution in [0.1, 0.15) is 17.3 Å². The zero-order valence-electron chi connectivity index (χ0n) is 15.0. The summed E-state index contributed by atoms with van der Waals surface area (Å²) in [6.07, 6.45) is -1.09. The minimum atomic E-state index is -3.76. The molecule has 0 heterocycles. The van der Waals surface area contributed by atoms with E-state index < -0.39 is 28.0 Å². The molecule has 27 heavy (non-hydrogen) atoms. The van der Waals surface area contributed by atoms with Crippen LogP contribution in [0, 0.1) is 0 Å². The summed E-state index contributed by atoms with van der Waals surface area (Å²) >= 11 is 5.99. The Morgan fingerprint density at radius 3 is 2.37 bits per heavy atom. The summed E-state index contributed by atoms with van der Waals surface area (Å²) in [5, 5.41) is 0.0196. The normalized spacial score (nSPS) is 12.3. The van der Waals surface area contributed by atoms with Crippen molar-refractivity contribution in [3.63, 3.8) is 0 Å². The van der Waals surface area contributed by atoms with Crippen LogP contribution >= 0.6 is 11.6 Å². The molecule has 2 rings (SSSR count). The summed E-state index contributed by atoms with van der Waals surface area (Å²) < 4.78 is 31.1. The van der Waals surface area contributed by atoms with Crippen LogP contribution < -0.4 is 9.62 Å². The number of rotatable bonds is 6. The predicted molar refractivity (Wildman–Crippen MR) is 102 cm³/mol. The van der Waals surface area contributed by atoms with Gasteiger partial charge in [-0.3, -0.25) is 4.79 Å². The molecule has 2 aromatic carbocycles. The largest absolute Gasteiger partial charge is 0.449 e. The number of benzene rings is 2. The highest BCUT2D eigenvalue weighted by molar-refractivity contribution is 7.89. The number of hydrogen-bond acceptors (Lipinski definition) is 5. The summed E-state index contributed by atoms with van der Waals surface area (Å²) in [6, 6.07) is 12.5. The van der Waals surface area contributed by atoms with Gasteiger partial charge in [-0.25, -0.2) is 17.9 Å². The van der Waals surface area contributed by atoms with Gasteiger partial charge in [0.1, 0.15) is 0 Å². The fraction of sp³-hybridized carbons (Fsp3) is 0.222. The molecule has 0 radical (unpaired) electrons. The fourth-order valence-corrected chi connectivity index (χ4v) is 3.22. The molecule has 0 saturated heterocycles. The van der Waals surface area contributed by atoms with E-state index in [-0.39, 0.29) is 15.5 Å². The number of nitrogens with one attached hydrogen (secondary N) is 1. The minimum Gasteiger partial charge on any atom is -0.449 e. The van der Waals surface area contributed by atoms with Gasteiger partial charge in [0.2, 0.25) is 10.0 Å². The van der Waals surface area contributed by atoms with Gasteiger partial charge in [0, 0.05) is 12.7 Å². The molecule has 2 aromatic rings. The molecule has 0 saturated carbocycles. The number of halogens is 1. The average molecular weight is 411 g/mol. The summed E-state index contributed by atoms with van der Waals surface area (Å²) in [6.45, 7) is 1.43. The number of para-hydroxylation sites is 1. The van der Waals surface area contributed by atoms with E-state index in [4.69, 9.17) is 16.3 Å². The molecule has 0 fully saturated rings. The van der Waals surface area contributed by atoms with Crippen LogP contribution in [0.15, 0.2) is 53.4 Å². The van der Waals surface area contributed by atoms with Crippen molar-refractivity contribution >= 4 is 39.2 Å². The lowest BCUT2D eigenvalue weighted by molar-refractivity contribution is -0.126. The van der Waals surface area contributed by atoms with Crippen LogP contribution in [0.5, 0.6) is 0 Å². The Bertz CT molecular complexity index is 947. The van der Waals surface area contributed by atoms with Crippen molar-refractivity contribution in [1.29, 1.82) is 0 Å². The van der Waals surface area contributed by atoms with Crippen molar-refractivity contribution in [2.24, 2.45) is 0 Å². The van der Waals surface area contributed by atoms with Crippen molar-refractivity contribution < 1.29 is 22.7 Å². The molecule has 0 aliphatic carbocycles. The Morgan fingerprint density at radius 2 is 1.78 bits per heavy atom. The van der Waals surface area contributed by atoms with Crippen LogP contribution in [-0.2, 0) is 19.6 Å². The zero-order chi connectivity index (χ0) is 20.2. The number of ether oxygens (including phenoxy) is 1. The predicted octanol–water partition coefficient (Wildman–Crippen LogP) is 2.46. The molecule has 144 valence electrons. The van der Waals surface area contributed by atoms with Gasteiger partial charge in [0.05, 0.1) is 15.5 Å². The van der Waals surface area contributed by atoms with Crippen LogP contribution in [0.25, 0.3) is 0 Å². The molecule has 1 amide bonds. The van der Waals surface area contributed by atoms with Gasteiger partial charge in [0.25, 0.3) is 5.91 Å². The third-order valence-corrected chi connectivity index (χ3v) is 5.58. The van der Waals surface area contributed by atoms with Gasteiger partial charge < -0.3 is 9.64 Å². The number of sulfonamides is 1. The van der Waals surface area contributed by atoms with Crippen LogP contribution in [0.4, 0.5) is 5.69 Å². The van der Waals surface area contributed by atoms with Gasteiger partial charge in [-0.05, 0) is 44.3 Å². The first kappa shape index (κ1) is 20.9. The van der Waals surface area contributed by atoms with E-state index in [2.05, 4.69) is 4.72 Å². The standard InChI is InChI=1S/C18H19ClN2O5S/c1-12(17(22)21(3)13-7-5-4-6-8-13)26-18(23)15-11-14(9-10-16(15)19)27(24,25)20-2/h4-12,20H,1-3H3/t12-/m0/s1. The van der Waals surface area contributed by atoms with Crippen molar-refractivity contribution in [1.82, 2.24) is 4.72 Å². The van der Waals surface area contributed by atoms with Crippen LogP contribution in [0.3, 0.4) is 0 Å². The van der Waals surface area contributed by atoms with Crippen molar-refractivity contribution in [3.8, 4) is 0 Å². The molecule has 0 spiro atoms. The van der Waals surface area contributed by atoms with Crippen LogP contribution in [0.2, 0.25) is 5.02 Å². The number of anilines is 1. The maximum atomic E-state index is 12.5. The molecule has 0 aliphatic heterocycles. The molecule has 1 atom stereocenters. The lowest BCUT2D eigenvalue weighted by atomic mass is 10.2. The van der Waals surface area contributed by atoms with Gasteiger partial charge in [-0.2, -0.15) is 0 Å². The third-order valence-electron chi connectivity index (χ3n) is 3.84. The van der Waals surface area contributed by atoms with E-state index in [1.807, 2.05) is 6.07 Å². The first-order valence-electron chi connectivity index (χ1n) is 7.94.